The number of hydrogen-bond donors (Lipinski definition) is 4. The minimum Gasteiger partial charge on any atom is -0.462 e. The van der Waals surface area contributed by atoms with Crippen molar-refractivity contribution in [3.05, 3.63) is 144 Å². The van der Waals surface area contributed by atoms with Gasteiger partial charge in [-0.15, -0.1) is 16.2 Å². The van der Waals surface area contributed by atoms with E-state index in [2.05, 4.69) is 104 Å². The maximum atomic E-state index is 11.5. The van der Waals surface area contributed by atoms with E-state index in [1.807, 2.05) is 45.1 Å². The van der Waals surface area contributed by atoms with E-state index in [4.69, 9.17) is 26.2 Å². The first kappa shape index (κ1) is 94.7. The first-order valence-corrected chi connectivity index (χ1v) is 36.4. The molecule has 10 heterocycles. The van der Waals surface area contributed by atoms with Crippen LogP contribution in [0.15, 0.2) is 107 Å². The predicted octanol–water partition coefficient (Wildman–Crippen LogP) is 7.40. The zero-order valence-corrected chi connectivity index (χ0v) is 71.9. The molecule has 0 aliphatic carbocycles. The van der Waals surface area contributed by atoms with Gasteiger partial charge in [0.1, 0.15) is 39.6 Å². The SMILES string of the molecule is CC.CCOC(=O)c1cnc(SC)nc1Cl.CCOC(=O)c1cnc(SC)nc1NC.CNc1nc(SC)ncc1C=O.CNc1nc(SC)ncc1CO.CSc1ncc2c[c-]c(=O)n(C)c2n1.Cc1ncc2c[c-]c(=O)n(C)c2n1.Cn1c(=O)[c-]cc2cnc(S(C)=O)nc21.[Y].[Y].[Y]. The molecule has 0 fully saturated rings. The summed E-state index contributed by atoms with van der Waals surface area (Å²) in [5.41, 5.74) is 2.90. The number of aliphatic hydroxyl groups excluding tert-OH is 1. The van der Waals surface area contributed by atoms with Crippen LogP contribution >= 0.6 is 70.4 Å². The molecule has 30 nitrogen and oxygen atoms in total. The second-order valence-corrected chi connectivity index (χ2v) is 23.2. The van der Waals surface area contributed by atoms with Crippen molar-refractivity contribution >= 4 is 150 Å². The smallest absolute Gasteiger partial charge is 0.343 e. The molecular formula is C60H72ClN20O10S6Y3-3. The van der Waals surface area contributed by atoms with E-state index in [9.17, 15) is 33.0 Å². The fraction of sp³-hybridized carbons (Fsp3) is 0.333. The Bertz CT molecular complexity index is 4480. The summed E-state index contributed by atoms with van der Waals surface area (Å²) in [5.74, 6) is 1.52. The molecule has 0 amide bonds. The number of ether oxygens (including phenoxy) is 2. The topological polar surface area (TPSA) is 390 Å². The number of aldehydes is 1. The summed E-state index contributed by atoms with van der Waals surface area (Å²) in [5, 5.41) is 23.3. The fourth-order valence-electron chi connectivity index (χ4n) is 6.93. The summed E-state index contributed by atoms with van der Waals surface area (Å²) in [6.45, 7) is 9.88. The Morgan fingerprint density at radius 3 is 1.35 bits per heavy atom. The Labute approximate surface area is 682 Å². The van der Waals surface area contributed by atoms with Crippen LogP contribution in [0.4, 0.5) is 17.5 Å². The van der Waals surface area contributed by atoms with E-state index < -0.39 is 22.7 Å². The van der Waals surface area contributed by atoms with Crippen LogP contribution in [0.2, 0.25) is 5.15 Å². The van der Waals surface area contributed by atoms with Gasteiger partial charge in [0.05, 0.1) is 53.1 Å². The zero-order valence-electron chi connectivity index (χ0n) is 57.8. The van der Waals surface area contributed by atoms with Crippen LogP contribution < -0.4 is 32.6 Å². The number of fused-ring (bicyclic) bond motifs is 3. The summed E-state index contributed by atoms with van der Waals surface area (Å²) in [6, 6.07) is 12.5. The fourth-order valence-corrected chi connectivity index (χ4v) is 9.30. The number of anilines is 3. The van der Waals surface area contributed by atoms with Gasteiger partial charge in [-0.2, -0.15) is 18.2 Å². The van der Waals surface area contributed by atoms with Crippen molar-refractivity contribution in [2.75, 3.05) is 87.8 Å². The monoisotopic (exact) mass is 1730 g/mol. The van der Waals surface area contributed by atoms with Gasteiger partial charge in [0.15, 0.2) is 48.7 Å². The number of carbonyl (C=O) groups is 3. The number of aliphatic hydroxyl groups is 1. The molecule has 1 atom stereocenters. The van der Waals surface area contributed by atoms with E-state index in [0.29, 0.717) is 95.7 Å². The van der Waals surface area contributed by atoms with Crippen molar-refractivity contribution in [3.8, 4) is 0 Å². The van der Waals surface area contributed by atoms with Gasteiger partial charge in [0, 0.05) is 177 Å². The van der Waals surface area contributed by atoms with Gasteiger partial charge < -0.3 is 44.2 Å². The number of pyridine rings is 3. The molecule has 0 aromatic carbocycles. The molecule has 0 spiro atoms. The Hall–Kier alpha value is -5.34. The van der Waals surface area contributed by atoms with Crippen LogP contribution in [0.5, 0.6) is 0 Å². The number of carbonyl (C=O) groups excluding carboxylic acids is 3. The van der Waals surface area contributed by atoms with E-state index in [1.54, 1.807) is 93.8 Å². The first-order chi connectivity index (χ1) is 46.5. The maximum absolute atomic E-state index is 11.5. The summed E-state index contributed by atoms with van der Waals surface area (Å²) in [7, 11) is 8.89. The number of aromatic nitrogens is 17. The molecule has 10 aromatic rings. The summed E-state index contributed by atoms with van der Waals surface area (Å²) in [6.07, 6.45) is 22.5. The third-order valence-electron chi connectivity index (χ3n) is 11.7. The van der Waals surface area contributed by atoms with Crippen molar-refractivity contribution in [1.29, 1.82) is 0 Å². The molecule has 0 aliphatic rings. The number of nitrogens with one attached hydrogen (secondary N) is 3. The number of aryl methyl sites for hydroxylation is 4. The second-order valence-electron chi connectivity index (χ2n) is 17.7. The van der Waals surface area contributed by atoms with E-state index in [-0.39, 0.29) is 137 Å². The van der Waals surface area contributed by atoms with Gasteiger partial charge in [0.25, 0.3) is 0 Å². The van der Waals surface area contributed by atoms with Gasteiger partial charge in [0.2, 0.25) is 5.16 Å². The average Bonchev–Trinajstić information content (AvgIpc) is 0.820. The standard InChI is InChI=1S/C9H8N3O2S.C9H13N3O2S.C9H8N3OS.C9H8N3O.C8H9ClN2O2S.C7H11N3OS.C7H9N3OS.C2H6.3Y/c1-12-7(13)4-3-6-5-10-9(15(2)14)11-8(6)12;1-4-14-8(13)6-5-11-9(15-3)12-7(6)10-2;1-12-7(13)4-3-6-5-10-9(14-2)11-8(6)12;1-6-10-5-7-3-4-8(13)12(2)9(7)11-6;1-3-13-7(12)5-4-10-8(14-2)11-6(5)9;2*1-8-6-5(4-11)3-9-7(10-6)12-2;1-2;;;/h3,5H,1-2H3;5H,4H2,1-3H3,(H,10,11,12);3,5H,1-2H3;3,5H,1-2H3;4H,3H2,1-2H3;3,11H,4H2,1-2H3,(H,8,9,10);3-4H,1-2H3,(H,8,9,10);1-2H3;;;/q-1;;2*-1;;;;;;;. The summed E-state index contributed by atoms with van der Waals surface area (Å²) < 4.78 is 25.1. The molecule has 40 heteroatoms. The Balaban J connectivity index is 0.00000113. The maximum Gasteiger partial charge on any atom is 0.343 e. The van der Waals surface area contributed by atoms with Gasteiger partial charge >= 0.3 is 11.9 Å². The van der Waals surface area contributed by atoms with Crippen LogP contribution in [0.1, 0.15) is 70.2 Å². The third kappa shape index (κ3) is 29.4. The molecule has 0 aliphatic heterocycles. The Morgan fingerprint density at radius 1 is 0.550 bits per heavy atom. The Morgan fingerprint density at radius 2 is 0.920 bits per heavy atom. The molecule has 10 rings (SSSR count). The summed E-state index contributed by atoms with van der Waals surface area (Å²) >= 11 is 12.9. The minimum atomic E-state index is -1.25. The molecule has 4 N–H and O–H groups in total. The number of rotatable bonds is 15. The Kier molecular flexibility index (Phi) is 48.2. The van der Waals surface area contributed by atoms with Gasteiger partial charge in [-0.1, -0.05) is 84.3 Å². The zero-order chi connectivity index (χ0) is 72.3. The third-order valence-corrected chi connectivity index (χ3v) is 15.5. The minimum absolute atomic E-state index is 0. The van der Waals surface area contributed by atoms with Crippen LogP contribution in [0, 0.1) is 25.1 Å². The number of esters is 2. The van der Waals surface area contributed by atoms with Crippen molar-refractivity contribution < 1.29 is 131 Å². The number of thioether (sulfide) groups is 5. The number of nitrogens with zero attached hydrogens (tertiary/aromatic N) is 17. The van der Waals surface area contributed by atoms with Crippen molar-refractivity contribution in [3.63, 3.8) is 0 Å². The molecule has 1 unspecified atom stereocenters. The predicted molar refractivity (Wildman–Crippen MR) is 383 cm³/mol. The molecule has 0 saturated heterocycles. The molecular weight excluding hydrogens is 1660 g/mol. The largest absolute Gasteiger partial charge is 0.462 e. The van der Waals surface area contributed by atoms with E-state index in [0.717, 1.165) is 22.6 Å². The van der Waals surface area contributed by atoms with Crippen LogP contribution in [0.25, 0.3) is 33.1 Å². The van der Waals surface area contributed by atoms with Crippen LogP contribution in [0.3, 0.4) is 0 Å². The van der Waals surface area contributed by atoms with Crippen LogP contribution in [-0.4, -0.2) is 183 Å². The van der Waals surface area contributed by atoms with Gasteiger partial charge in [-0.05, 0) is 70.6 Å². The van der Waals surface area contributed by atoms with Crippen molar-refractivity contribution in [2.45, 2.75) is 72.2 Å². The number of halogens is 1. The van der Waals surface area contributed by atoms with Gasteiger partial charge in [-0.3, -0.25) is 33.4 Å². The van der Waals surface area contributed by atoms with Crippen molar-refractivity contribution in [2.24, 2.45) is 21.1 Å². The van der Waals surface area contributed by atoms with Crippen LogP contribution in [-0.2, 0) is 146 Å². The van der Waals surface area contributed by atoms with E-state index >= 15 is 0 Å². The molecule has 10 aromatic heterocycles. The van der Waals surface area contributed by atoms with Crippen molar-refractivity contribution in [1.82, 2.24) is 83.5 Å². The molecule has 527 valence electrons. The molecule has 0 saturated carbocycles. The molecule has 3 radical (unpaired) electrons. The first-order valence-electron chi connectivity index (χ1n) is 28.3. The summed E-state index contributed by atoms with van der Waals surface area (Å²) in [4.78, 5) is 124. The quantitative estimate of drug-likeness (QED) is 0.0194. The van der Waals surface area contributed by atoms with E-state index in [1.165, 1.54) is 110 Å². The number of hydrogen-bond acceptors (Lipinski definition) is 32. The molecule has 100 heavy (non-hydrogen) atoms. The normalized spacial score (nSPS) is 10.1. The second kappa shape index (κ2) is 50.9. The van der Waals surface area contributed by atoms with Gasteiger partial charge in [-0.25, -0.2) is 87.6 Å². The average molecular weight is 1730 g/mol. The molecule has 0 bridgehead atoms.